The van der Waals surface area contributed by atoms with E-state index in [1.165, 1.54) is 24.0 Å². The van der Waals surface area contributed by atoms with Gasteiger partial charge in [-0.15, -0.1) is 0 Å². The van der Waals surface area contributed by atoms with E-state index in [2.05, 4.69) is 31.3 Å². The summed E-state index contributed by atoms with van der Waals surface area (Å²) >= 11 is 0. The van der Waals surface area contributed by atoms with Crippen LogP contribution in [0.4, 0.5) is 0 Å². The van der Waals surface area contributed by atoms with Gasteiger partial charge < -0.3 is 5.32 Å². The van der Waals surface area contributed by atoms with E-state index in [-0.39, 0.29) is 11.7 Å². The third kappa shape index (κ3) is 3.49. The summed E-state index contributed by atoms with van der Waals surface area (Å²) in [6, 6.07) is 6.86. The van der Waals surface area contributed by atoms with Crippen molar-refractivity contribution in [2.45, 2.75) is 58.9 Å². The van der Waals surface area contributed by atoms with Crippen LogP contribution in [-0.2, 0) is 6.42 Å². The van der Waals surface area contributed by atoms with Crippen molar-refractivity contribution in [2.75, 3.05) is 6.54 Å². The monoisotopic (exact) mass is 273 g/mol. The molecule has 0 fully saturated rings. The second kappa shape index (κ2) is 6.53. The number of rotatable bonds is 5. The van der Waals surface area contributed by atoms with Gasteiger partial charge in [-0.25, -0.2) is 0 Å². The number of carbonyl (C=O) groups is 1. The highest BCUT2D eigenvalue weighted by Gasteiger charge is 2.22. The van der Waals surface area contributed by atoms with Crippen LogP contribution in [0.25, 0.3) is 0 Å². The quantitative estimate of drug-likeness (QED) is 0.823. The van der Waals surface area contributed by atoms with Crippen LogP contribution in [0.1, 0.15) is 67.9 Å². The number of Topliss-reactive ketones (excluding diaryl/α,β-unsaturated/α-hetero) is 1. The lowest BCUT2D eigenvalue weighted by atomic mass is 9.81. The van der Waals surface area contributed by atoms with E-state index in [0.717, 1.165) is 18.5 Å². The molecule has 1 aliphatic carbocycles. The molecule has 0 amide bonds. The first-order chi connectivity index (χ1) is 9.49. The summed E-state index contributed by atoms with van der Waals surface area (Å²) in [6.45, 7) is 9.33. The molecule has 0 aliphatic heterocycles. The standard InChI is InChI=1S/C18H27NO/c1-12(2)18(20)15-9-8-14-6-5-7-16(17(14)10-15)11-19-13(3)4/h8-10,12-13,16,19H,5-7,11H2,1-4H3/t16-/m1/s1. The molecule has 1 aliphatic rings. The van der Waals surface area contributed by atoms with E-state index in [1.54, 1.807) is 0 Å². The summed E-state index contributed by atoms with van der Waals surface area (Å²) in [4.78, 5) is 12.2. The van der Waals surface area contributed by atoms with Crippen LogP contribution in [0.15, 0.2) is 18.2 Å². The lowest BCUT2D eigenvalue weighted by molar-refractivity contribution is 0.0939. The smallest absolute Gasteiger partial charge is 0.165 e. The topological polar surface area (TPSA) is 29.1 Å². The van der Waals surface area contributed by atoms with E-state index in [9.17, 15) is 4.79 Å². The number of carbonyl (C=O) groups excluding carboxylic acids is 1. The summed E-state index contributed by atoms with van der Waals surface area (Å²) < 4.78 is 0. The summed E-state index contributed by atoms with van der Waals surface area (Å²) in [6.07, 6.45) is 3.64. The molecule has 0 radical (unpaired) electrons. The van der Waals surface area contributed by atoms with Gasteiger partial charge in [0.1, 0.15) is 0 Å². The van der Waals surface area contributed by atoms with E-state index in [1.807, 2.05) is 19.9 Å². The average molecular weight is 273 g/mol. The number of aryl methyl sites for hydroxylation is 1. The van der Waals surface area contributed by atoms with Crippen LogP contribution in [0.5, 0.6) is 0 Å². The Bertz CT molecular complexity index is 476. The molecule has 20 heavy (non-hydrogen) atoms. The highest BCUT2D eigenvalue weighted by Crippen LogP contribution is 2.32. The van der Waals surface area contributed by atoms with Gasteiger partial charge >= 0.3 is 0 Å². The minimum atomic E-state index is 0.0730. The first kappa shape index (κ1) is 15.2. The molecular weight excluding hydrogens is 246 g/mol. The number of hydrogen-bond acceptors (Lipinski definition) is 2. The van der Waals surface area contributed by atoms with Crippen molar-refractivity contribution >= 4 is 5.78 Å². The second-order valence-electron chi connectivity index (χ2n) is 6.58. The molecule has 2 heteroatoms. The van der Waals surface area contributed by atoms with E-state index in [0.29, 0.717) is 12.0 Å². The van der Waals surface area contributed by atoms with Gasteiger partial charge in [0.05, 0.1) is 0 Å². The first-order valence-corrected chi connectivity index (χ1v) is 7.89. The summed E-state index contributed by atoms with van der Waals surface area (Å²) in [5.41, 5.74) is 3.72. The van der Waals surface area contributed by atoms with Crippen LogP contribution >= 0.6 is 0 Å². The predicted molar refractivity (Wildman–Crippen MR) is 84.4 cm³/mol. The summed E-state index contributed by atoms with van der Waals surface area (Å²) in [5, 5.41) is 3.54. The molecule has 0 heterocycles. The summed E-state index contributed by atoms with van der Waals surface area (Å²) in [5.74, 6) is 0.888. The van der Waals surface area contributed by atoms with Gasteiger partial charge in [0, 0.05) is 24.1 Å². The molecule has 2 nitrogen and oxygen atoms in total. The normalized spacial score (nSPS) is 18.4. The fourth-order valence-electron chi connectivity index (χ4n) is 2.97. The van der Waals surface area contributed by atoms with Crippen molar-refractivity contribution < 1.29 is 4.79 Å². The molecule has 1 aromatic rings. The maximum atomic E-state index is 12.2. The third-order valence-electron chi connectivity index (χ3n) is 4.17. The Labute approximate surface area is 123 Å². The number of hydrogen-bond donors (Lipinski definition) is 1. The zero-order valence-electron chi connectivity index (χ0n) is 13.2. The van der Waals surface area contributed by atoms with Gasteiger partial charge in [0.2, 0.25) is 0 Å². The molecule has 0 unspecified atom stereocenters. The molecule has 1 aromatic carbocycles. The largest absolute Gasteiger partial charge is 0.314 e. The van der Waals surface area contributed by atoms with Gasteiger partial charge in [0.25, 0.3) is 0 Å². The minimum Gasteiger partial charge on any atom is -0.314 e. The van der Waals surface area contributed by atoms with E-state index >= 15 is 0 Å². The van der Waals surface area contributed by atoms with Crippen molar-refractivity contribution in [3.05, 3.63) is 34.9 Å². The molecule has 0 aromatic heterocycles. The van der Waals surface area contributed by atoms with Crippen molar-refractivity contribution in [1.82, 2.24) is 5.32 Å². The second-order valence-corrected chi connectivity index (χ2v) is 6.58. The van der Waals surface area contributed by atoms with Crippen LogP contribution in [-0.4, -0.2) is 18.4 Å². The SMILES string of the molecule is CC(C)NC[C@H]1CCCc2ccc(C(=O)C(C)C)cc21. The van der Waals surface area contributed by atoms with Crippen LogP contribution in [0.2, 0.25) is 0 Å². The Morgan fingerprint density at radius 1 is 1.30 bits per heavy atom. The van der Waals surface area contributed by atoms with Crippen LogP contribution in [0.3, 0.4) is 0 Å². The Morgan fingerprint density at radius 3 is 2.70 bits per heavy atom. The predicted octanol–water partition coefficient (Wildman–Crippen LogP) is 3.94. The molecule has 1 N–H and O–H groups in total. The molecule has 0 bridgehead atoms. The number of fused-ring (bicyclic) bond motifs is 1. The van der Waals surface area contributed by atoms with Crippen LogP contribution < -0.4 is 5.32 Å². The molecule has 0 spiro atoms. The summed E-state index contributed by atoms with van der Waals surface area (Å²) in [7, 11) is 0. The van der Waals surface area contributed by atoms with Gasteiger partial charge in [-0.2, -0.15) is 0 Å². The first-order valence-electron chi connectivity index (χ1n) is 7.89. The maximum Gasteiger partial charge on any atom is 0.165 e. The zero-order valence-corrected chi connectivity index (χ0v) is 13.2. The van der Waals surface area contributed by atoms with Crippen molar-refractivity contribution in [3.63, 3.8) is 0 Å². The third-order valence-corrected chi connectivity index (χ3v) is 4.17. The molecule has 0 saturated carbocycles. The van der Waals surface area contributed by atoms with Gasteiger partial charge in [-0.05, 0) is 42.4 Å². The minimum absolute atomic E-state index is 0.0730. The van der Waals surface area contributed by atoms with Crippen molar-refractivity contribution in [1.29, 1.82) is 0 Å². The Balaban J connectivity index is 2.24. The highest BCUT2D eigenvalue weighted by molar-refractivity contribution is 5.97. The van der Waals surface area contributed by atoms with Crippen molar-refractivity contribution in [2.24, 2.45) is 5.92 Å². The number of ketones is 1. The fraction of sp³-hybridized carbons (Fsp3) is 0.611. The Morgan fingerprint density at radius 2 is 2.05 bits per heavy atom. The lowest BCUT2D eigenvalue weighted by Crippen LogP contribution is -2.29. The van der Waals surface area contributed by atoms with Crippen molar-refractivity contribution in [3.8, 4) is 0 Å². The fourth-order valence-corrected chi connectivity index (χ4v) is 2.97. The molecule has 0 saturated heterocycles. The molecular formula is C18H27NO. The molecule has 2 rings (SSSR count). The maximum absolute atomic E-state index is 12.2. The lowest BCUT2D eigenvalue weighted by Gasteiger charge is -2.27. The van der Waals surface area contributed by atoms with Gasteiger partial charge in [-0.3, -0.25) is 4.79 Å². The van der Waals surface area contributed by atoms with Gasteiger partial charge in [-0.1, -0.05) is 39.8 Å². The van der Waals surface area contributed by atoms with Crippen LogP contribution in [0, 0.1) is 5.92 Å². The van der Waals surface area contributed by atoms with Gasteiger partial charge in [0.15, 0.2) is 5.78 Å². The Hall–Kier alpha value is -1.15. The highest BCUT2D eigenvalue weighted by atomic mass is 16.1. The Kier molecular flexibility index (Phi) is 4.98. The molecule has 110 valence electrons. The molecule has 1 atom stereocenters. The zero-order chi connectivity index (χ0) is 14.7. The number of nitrogens with one attached hydrogen (secondary N) is 1. The average Bonchev–Trinajstić information content (AvgIpc) is 2.43. The number of benzene rings is 1. The van der Waals surface area contributed by atoms with E-state index in [4.69, 9.17) is 0 Å². The van der Waals surface area contributed by atoms with E-state index < -0.39 is 0 Å².